The summed E-state index contributed by atoms with van der Waals surface area (Å²) >= 11 is 12.1. The van der Waals surface area contributed by atoms with Gasteiger partial charge in [-0.2, -0.15) is 0 Å². The Kier molecular flexibility index (Phi) is 5.93. The lowest BCUT2D eigenvalue weighted by Crippen LogP contribution is -2.30. The van der Waals surface area contributed by atoms with E-state index >= 15 is 0 Å². The number of hydrogen-bond donors (Lipinski definition) is 2. The minimum atomic E-state index is -0.355. The molecule has 18 heavy (non-hydrogen) atoms. The van der Waals surface area contributed by atoms with Crippen LogP contribution in [0, 0.1) is 5.41 Å². The van der Waals surface area contributed by atoms with E-state index in [4.69, 9.17) is 23.2 Å². The summed E-state index contributed by atoms with van der Waals surface area (Å²) in [7, 11) is 0. The summed E-state index contributed by atoms with van der Waals surface area (Å²) in [6.45, 7) is 7.45. The van der Waals surface area contributed by atoms with Gasteiger partial charge < -0.3 is 10.4 Å². The maximum Gasteiger partial charge on any atom is 0.0669 e. The Bertz CT molecular complexity index is 368. The molecular weight excluding hydrogens is 269 g/mol. The Morgan fingerprint density at radius 2 is 1.78 bits per heavy atom. The topological polar surface area (TPSA) is 32.3 Å². The van der Waals surface area contributed by atoms with E-state index in [2.05, 4.69) is 26.1 Å². The van der Waals surface area contributed by atoms with Gasteiger partial charge in [0.05, 0.1) is 6.10 Å². The highest BCUT2D eigenvalue weighted by Crippen LogP contribution is 2.24. The van der Waals surface area contributed by atoms with Gasteiger partial charge in [-0.1, -0.05) is 50.0 Å². The molecule has 0 saturated carbocycles. The summed E-state index contributed by atoms with van der Waals surface area (Å²) in [6.07, 6.45) is 0.405. The summed E-state index contributed by atoms with van der Waals surface area (Å²) in [5.74, 6) is 0. The van der Waals surface area contributed by atoms with Crippen LogP contribution in [0.4, 0.5) is 0 Å². The molecule has 1 aromatic rings. The molecule has 0 heterocycles. The lowest BCUT2D eigenvalue weighted by Gasteiger charge is -2.22. The summed E-state index contributed by atoms with van der Waals surface area (Å²) < 4.78 is 0. The number of rotatable bonds is 5. The van der Waals surface area contributed by atoms with Crippen LogP contribution in [0.15, 0.2) is 18.2 Å². The predicted octanol–water partition coefficient (Wildman–Crippen LogP) is 3.88. The van der Waals surface area contributed by atoms with Crippen molar-refractivity contribution in [2.75, 3.05) is 6.54 Å². The van der Waals surface area contributed by atoms with Crippen molar-refractivity contribution in [3.63, 3.8) is 0 Å². The van der Waals surface area contributed by atoms with Gasteiger partial charge in [0.25, 0.3) is 0 Å². The SMILES string of the molecule is CC(C)(C)CC(O)CNCc1c(Cl)cccc1Cl. The number of nitrogens with one attached hydrogen (secondary N) is 1. The van der Waals surface area contributed by atoms with Crippen molar-refractivity contribution >= 4 is 23.2 Å². The monoisotopic (exact) mass is 289 g/mol. The normalized spacial score (nSPS) is 13.7. The second-order valence-corrected chi connectivity index (χ2v) is 6.56. The molecule has 0 bridgehead atoms. The first-order valence-electron chi connectivity index (χ1n) is 6.11. The second-order valence-electron chi connectivity index (χ2n) is 5.75. The van der Waals surface area contributed by atoms with Crippen LogP contribution in [0.2, 0.25) is 10.0 Å². The predicted molar refractivity (Wildman–Crippen MR) is 78.2 cm³/mol. The van der Waals surface area contributed by atoms with E-state index in [0.717, 1.165) is 12.0 Å². The lowest BCUT2D eigenvalue weighted by atomic mass is 9.89. The molecule has 2 nitrogen and oxygen atoms in total. The van der Waals surface area contributed by atoms with Gasteiger partial charge in [-0.25, -0.2) is 0 Å². The van der Waals surface area contributed by atoms with E-state index in [0.29, 0.717) is 23.1 Å². The van der Waals surface area contributed by atoms with Gasteiger partial charge in [-0.15, -0.1) is 0 Å². The molecule has 0 aliphatic carbocycles. The maximum atomic E-state index is 9.87. The largest absolute Gasteiger partial charge is 0.392 e. The van der Waals surface area contributed by atoms with Gasteiger partial charge in [-0.05, 0) is 24.0 Å². The van der Waals surface area contributed by atoms with Crippen LogP contribution < -0.4 is 5.32 Å². The van der Waals surface area contributed by atoms with Crippen molar-refractivity contribution in [1.29, 1.82) is 0 Å². The minimum Gasteiger partial charge on any atom is -0.392 e. The third-order valence-corrected chi connectivity index (χ3v) is 3.30. The first-order chi connectivity index (χ1) is 8.29. The molecule has 4 heteroatoms. The highest BCUT2D eigenvalue weighted by Gasteiger charge is 2.16. The average Bonchev–Trinajstić information content (AvgIpc) is 2.19. The highest BCUT2D eigenvalue weighted by atomic mass is 35.5. The molecule has 0 spiro atoms. The Balaban J connectivity index is 2.42. The summed E-state index contributed by atoms with van der Waals surface area (Å²) in [5, 5.41) is 14.4. The molecule has 0 radical (unpaired) electrons. The fourth-order valence-electron chi connectivity index (χ4n) is 1.84. The van der Waals surface area contributed by atoms with Crippen LogP contribution in [0.5, 0.6) is 0 Å². The molecule has 1 atom stereocenters. The molecule has 0 aliphatic rings. The van der Waals surface area contributed by atoms with Crippen molar-refractivity contribution in [3.8, 4) is 0 Å². The van der Waals surface area contributed by atoms with Crippen molar-refractivity contribution in [2.45, 2.75) is 39.8 Å². The lowest BCUT2D eigenvalue weighted by molar-refractivity contribution is 0.119. The second kappa shape index (κ2) is 6.76. The number of halogens is 2. The van der Waals surface area contributed by atoms with E-state index in [1.165, 1.54) is 0 Å². The number of aliphatic hydroxyl groups excluding tert-OH is 1. The van der Waals surface area contributed by atoms with Crippen LogP contribution in [0.3, 0.4) is 0 Å². The summed E-state index contributed by atoms with van der Waals surface area (Å²) in [6, 6.07) is 5.45. The molecule has 1 rings (SSSR count). The standard InChI is InChI=1S/C14H21Cl2NO/c1-14(2,3)7-10(18)8-17-9-11-12(15)5-4-6-13(11)16/h4-6,10,17-18H,7-9H2,1-3H3. The molecular formula is C14H21Cl2NO. The number of aliphatic hydroxyl groups is 1. The Morgan fingerprint density at radius 1 is 1.22 bits per heavy atom. The molecule has 2 N–H and O–H groups in total. The zero-order valence-corrected chi connectivity index (χ0v) is 12.6. The fourth-order valence-corrected chi connectivity index (χ4v) is 2.38. The first kappa shape index (κ1) is 15.8. The molecule has 0 fully saturated rings. The minimum absolute atomic E-state index is 0.128. The third kappa shape index (κ3) is 5.57. The van der Waals surface area contributed by atoms with Crippen molar-refractivity contribution in [2.24, 2.45) is 5.41 Å². The maximum absolute atomic E-state index is 9.87. The van der Waals surface area contributed by atoms with Crippen LogP contribution >= 0.6 is 23.2 Å². The molecule has 102 valence electrons. The molecule has 0 saturated heterocycles. The molecule has 1 aromatic carbocycles. The van der Waals surface area contributed by atoms with Gasteiger partial charge in [-0.3, -0.25) is 0 Å². The zero-order valence-electron chi connectivity index (χ0n) is 11.1. The molecule has 0 amide bonds. The van der Waals surface area contributed by atoms with Crippen LogP contribution in [-0.2, 0) is 6.54 Å². The summed E-state index contributed by atoms with van der Waals surface area (Å²) in [5.41, 5.74) is 1.01. The Labute approximate surface area is 119 Å². The van der Waals surface area contributed by atoms with E-state index in [-0.39, 0.29) is 11.5 Å². The van der Waals surface area contributed by atoms with E-state index in [1.54, 1.807) is 0 Å². The zero-order chi connectivity index (χ0) is 13.8. The Hall–Kier alpha value is -0.280. The van der Waals surface area contributed by atoms with Crippen molar-refractivity contribution in [3.05, 3.63) is 33.8 Å². The first-order valence-corrected chi connectivity index (χ1v) is 6.87. The highest BCUT2D eigenvalue weighted by molar-refractivity contribution is 6.35. The molecule has 0 aliphatic heterocycles. The van der Waals surface area contributed by atoms with Gasteiger partial charge in [0, 0.05) is 28.7 Å². The van der Waals surface area contributed by atoms with E-state index in [1.807, 2.05) is 18.2 Å². The molecule has 0 aromatic heterocycles. The van der Waals surface area contributed by atoms with E-state index in [9.17, 15) is 5.11 Å². The van der Waals surface area contributed by atoms with Gasteiger partial charge in [0.15, 0.2) is 0 Å². The fraction of sp³-hybridized carbons (Fsp3) is 0.571. The third-order valence-electron chi connectivity index (χ3n) is 2.59. The van der Waals surface area contributed by atoms with Crippen molar-refractivity contribution in [1.82, 2.24) is 5.32 Å². The molecule has 1 unspecified atom stereocenters. The Morgan fingerprint density at radius 3 is 2.28 bits per heavy atom. The smallest absolute Gasteiger partial charge is 0.0669 e. The average molecular weight is 290 g/mol. The van der Waals surface area contributed by atoms with Crippen molar-refractivity contribution < 1.29 is 5.11 Å². The van der Waals surface area contributed by atoms with Crippen LogP contribution in [0.1, 0.15) is 32.8 Å². The van der Waals surface area contributed by atoms with Gasteiger partial charge in [0.1, 0.15) is 0 Å². The van der Waals surface area contributed by atoms with Crippen LogP contribution in [0.25, 0.3) is 0 Å². The van der Waals surface area contributed by atoms with Gasteiger partial charge in [0.2, 0.25) is 0 Å². The number of hydrogen-bond acceptors (Lipinski definition) is 2. The number of benzene rings is 1. The van der Waals surface area contributed by atoms with E-state index < -0.39 is 0 Å². The van der Waals surface area contributed by atoms with Crippen LogP contribution in [-0.4, -0.2) is 17.8 Å². The summed E-state index contributed by atoms with van der Waals surface area (Å²) in [4.78, 5) is 0. The quantitative estimate of drug-likeness (QED) is 0.862. The van der Waals surface area contributed by atoms with Gasteiger partial charge >= 0.3 is 0 Å².